The summed E-state index contributed by atoms with van der Waals surface area (Å²) in [5, 5.41) is 7.91. The standard InChI is InChI=1S/C10H8N4OS/c1-4-16-6-8(1)10-12-9(15-13-10)5-14-3-2-11-7-14/h1-4,6-7H,5H2. The first-order valence-electron chi connectivity index (χ1n) is 4.73. The molecule has 0 aliphatic carbocycles. The van der Waals surface area contributed by atoms with Gasteiger partial charge in [-0.15, -0.1) is 0 Å². The summed E-state index contributed by atoms with van der Waals surface area (Å²) < 4.78 is 7.04. The van der Waals surface area contributed by atoms with E-state index in [4.69, 9.17) is 4.52 Å². The molecular weight excluding hydrogens is 224 g/mol. The molecule has 0 amide bonds. The maximum Gasteiger partial charge on any atom is 0.246 e. The number of nitrogens with zero attached hydrogens (tertiary/aromatic N) is 4. The van der Waals surface area contributed by atoms with E-state index in [1.807, 2.05) is 27.6 Å². The van der Waals surface area contributed by atoms with Crippen molar-refractivity contribution in [1.82, 2.24) is 19.7 Å². The highest BCUT2D eigenvalue weighted by molar-refractivity contribution is 7.08. The van der Waals surface area contributed by atoms with E-state index in [0.29, 0.717) is 18.3 Å². The fourth-order valence-corrected chi connectivity index (χ4v) is 2.00. The Labute approximate surface area is 95.4 Å². The molecule has 16 heavy (non-hydrogen) atoms. The molecule has 6 heteroatoms. The topological polar surface area (TPSA) is 56.7 Å². The van der Waals surface area contributed by atoms with Crippen molar-refractivity contribution in [2.45, 2.75) is 6.54 Å². The second-order valence-electron chi connectivity index (χ2n) is 3.26. The summed E-state index contributed by atoms with van der Waals surface area (Å²) in [7, 11) is 0. The number of hydrogen-bond donors (Lipinski definition) is 0. The van der Waals surface area contributed by atoms with Gasteiger partial charge in [-0.05, 0) is 11.4 Å². The van der Waals surface area contributed by atoms with Crippen molar-refractivity contribution in [3.8, 4) is 11.4 Å². The molecule has 0 aliphatic rings. The number of imidazole rings is 1. The Balaban J connectivity index is 1.83. The lowest BCUT2D eigenvalue weighted by molar-refractivity contribution is 0.371. The zero-order valence-electron chi connectivity index (χ0n) is 8.28. The maximum atomic E-state index is 5.16. The molecule has 0 fully saturated rings. The lowest BCUT2D eigenvalue weighted by Gasteiger charge is -1.93. The van der Waals surface area contributed by atoms with Gasteiger partial charge in [0.15, 0.2) is 0 Å². The third-order valence-electron chi connectivity index (χ3n) is 2.12. The van der Waals surface area contributed by atoms with E-state index in [1.54, 1.807) is 23.9 Å². The Bertz CT molecular complexity index is 555. The minimum Gasteiger partial charge on any atom is -0.337 e. The molecule has 0 radical (unpaired) electrons. The van der Waals surface area contributed by atoms with Crippen LogP contribution < -0.4 is 0 Å². The van der Waals surface area contributed by atoms with Gasteiger partial charge in [0.05, 0.1) is 6.33 Å². The molecular formula is C10H8N4OS. The molecule has 5 nitrogen and oxygen atoms in total. The maximum absolute atomic E-state index is 5.16. The minimum atomic E-state index is 0.553. The Morgan fingerprint density at radius 2 is 2.44 bits per heavy atom. The molecule has 3 aromatic rings. The average molecular weight is 232 g/mol. The van der Waals surface area contributed by atoms with Crippen LogP contribution in [0, 0.1) is 0 Å². The van der Waals surface area contributed by atoms with Gasteiger partial charge in [-0.1, -0.05) is 5.16 Å². The zero-order valence-corrected chi connectivity index (χ0v) is 9.09. The van der Waals surface area contributed by atoms with Crippen LogP contribution >= 0.6 is 11.3 Å². The normalized spacial score (nSPS) is 10.8. The van der Waals surface area contributed by atoms with Crippen molar-refractivity contribution < 1.29 is 4.52 Å². The lowest BCUT2D eigenvalue weighted by Crippen LogP contribution is -1.96. The van der Waals surface area contributed by atoms with Gasteiger partial charge in [0.25, 0.3) is 0 Å². The summed E-state index contributed by atoms with van der Waals surface area (Å²) in [6.45, 7) is 0.553. The van der Waals surface area contributed by atoms with Gasteiger partial charge in [-0.3, -0.25) is 0 Å². The summed E-state index contributed by atoms with van der Waals surface area (Å²) in [4.78, 5) is 8.26. The molecule has 0 saturated heterocycles. The van der Waals surface area contributed by atoms with Crippen LogP contribution in [0.25, 0.3) is 11.4 Å². The van der Waals surface area contributed by atoms with Crippen LogP contribution in [-0.2, 0) is 6.54 Å². The Morgan fingerprint density at radius 1 is 1.44 bits per heavy atom. The van der Waals surface area contributed by atoms with E-state index in [9.17, 15) is 0 Å². The van der Waals surface area contributed by atoms with Crippen molar-refractivity contribution in [1.29, 1.82) is 0 Å². The first-order chi connectivity index (χ1) is 7.92. The smallest absolute Gasteiger partial charge is 0.246 e. The van der Waals surface area contributed by atoms with E-state index in [1.165, 1.54) is 0 Å². The quantitative estimate of drug-likeness (QED) is 0.693. The molecule has 3 aromatic heterocycles. The molecule has 3 rings (SSSR count). The predicted molar refractivity (Wildman–Crippen MR) is 58.9 cm³/mol. The number of aromatic nitrogens is 4. The van der Waals surface area contributed by atoms with Gasteiger partial charge in [0.1, 0.15) is 6.54 Å². The molecule has 80 valence electrons. The monoisotopic (exact) mass is 232 g/mol. The van der Waals surface area contributed by atoms with E-state index < -0.39 is 0 Å². The van der Waals surface area contributed by atoms with Crippen LogP contribution in [0.1, 0.15) is 5.89 Å². The molecule has 0 atom stereocenters. The predicted octanol–water partition coefficient (Wildman–Crippen LogP) is 2.04. The molecule has 0 aromatic carbocycles. The van der Waals surface area contributed by atoms with Gasteiger partial charge in [0, 0.05) is 23.3 Å². The molecule has 0 bridgehead atoms. The molecule has 3 heterocycles. The molecule has 0 aliphatic heterocycles. The summed E-state index contributed by atoms with van der Waals surface area (Å²) in [5.74, 6) is 1.22. The molecule has 0 N–H and O–H groups in total. The van der Waals surface area contributed by atoms with Crippen LogP contribution in [0.15, 0.2) is 40.1 Å². The van der Waals surface area contributed by atoms with Crippen molar-refractivity contribution in [2.24, 2.45) is 0 Å². The van der Waals surface area contributed by atoms with Gasteiger partial charge >= 0.3 is 0 Å². The summed E-state index contributed by atoms with van der Waals surface area (Å²) in [6.07, 6.45) is 5.29. The minimum absolute atomic E-state index is 0.553. The van der Waals surface area contributed by atoms with E-state index >= 15 is 0 Å². The van der Waals surface area contributed by atoms with E-state index in [-0.39, 0.29) is 0 Å². The molecule has 0 unspecified atom stereocenters. The van der Waals surface area contributed by atoms with Crippen molar-refractivity contribution in [3.63, 3.8) is 0 Å². The summed E-state index contributed by atoms with van der Waals surface area (Å²) >= 11 is 1.61. The molecule has 0 saturated carbocycles. The SMILES string of the molecule is c1cn(Cc2nc(-c3ccsc3)no2)cn1. The Hall–Kier alpha value is -1.95. The highest BCUT2D eigenvalue weighted by Gasteiger charge is 2.08. The summed E-state index contributed by atoms with van der Waals surface area (Å²) in [5.41, 5.74) is 0.991. The highest BCUT2D eigenvalue weighted by atomic mass is 32.1. The largest absolute Gasteiger partial charge is 0.337 e. The van der Waals surface area contributed by atoms with Gasteiger partial charge in [-0.25, -0.2) is 4.98 Å². The average Bonchev–Trinajstić information content (AvgIpc) is 2.99. The van der Waals surface area contributed by atoms with Crippen LogP contribution in [0.2, 0.25) is 0 Å². The van der Waals surface area contributed by atoms with Crippen LogP contribution in [0.4, 0.5) is 0 Å². The second-order valence-corrected chi connectivity index (χ2v) is 4.04. The third-order valence-corrected chi connectivity index (χ3v) is 2.81. The number of thiophene rings is 1. The van der Waals surface area contributed by atoms with Crippen molar-refractivity contribution in [2.75, 3.05) is 0 Å². The zero-order chi connectivity index (χ0) is 10.8. The van der Waals surface area contributed by atoms with Gasteiger partial charge < -0.3 is 9.09 Å². The first kappa shape index (κ1) is 9.29. The van der Waals surface area contributed by atoms with Crippen LogP contribution in [-0.4, -0.2) is 19.7 Å². The first-order valence-corrected chi connectivity index (χ1v) is 5.67. The highest BCUT2D eigenvalue weighted by Crippen LogP contribution is 2.18. The fraction of sp³-hybridized carbons (Fsp3) is 0.100. The number of rotatable bonds is 3. The van der Waals surface area contributed by atoms with Crippen LogP contribution in [0.5, 0.6) is 0 Å². The van der Waals surface area contributed by atoms with E-state index in [0.717, 1.165) is 5.56 Å². The fourth-order valence-electron chi connectivity index (χ4n) is 1.36. The molecule has 0 spiro atoms. The van der Waals surface area contributed by atoms with Crippen LogP contribution in [0.3, 0.4) is 0 Å². The van der Waals surface area contributed by atoms with Gasteiger partial charge in [-0.2, -0.15) is 16.3 Å². The van der Waals surface area contributed by atoms with E-state index in [2.05, 4.69) is 15.1 Å². The number of hydrogen-bond acceptors (Lipinski definition) is 5. The summed E-state index contributed by atoms with van der Waals surface area (Å²) in [6, 6.07) is 1.97. The van der Waals surface area contributed by atoms with Crippen molar-refractivity contribution in [3.05, 3.63) is 41.4 Å². The second kappa shape index (κ2) is 3.90. The van der Waals surface area contributed by atoms with Gasteiger partial charge in [0.2, 0.25) is 11.7 Å². The van der Waals surface area contributed by atoms with Crippen molar-refractivity contribution >= 4 is 11.3 Å². The lowest BCUT2D eigenvalue weighted by atomic mass is 10.3. The Kier molecular flexibility index (Phi) is 2.26. The third kappa shape index (κ3) is 1.74. The Morgan fingerprint density at radius 3 is 3.19 bits per heavy atom.